The van der Waals surface area contributed by atoms with Gasteiger partial charge in [-0.1, -0.05) is 170 Å². The highest BCUT2D eigenvalue weighted by Gasteiger charge is 2.05. The van der Waals surface area contributed by atoms with E-state index in [1.807, 2.05) is 0 Å². The standard InChI is InChI=1S/C47H66N2/c1-3-18-44-36-42(30-32-46(44)48)34-40-26-22-38(23-27-40)20-16-14-12-10-8-6-5-7-9-11-13-15-17-21-39-24-28-41(29-25-39)35-43-31-33-47(49)45(37-43)19-4-2/h22-33,36-37H,3-21,34-35,48-49H2,1-2H3. The number of nitrogens with two attached hydrogens (primary N) is 2. The summed E-state index contributed by atoms with van der Waals surface area (Å²) in [5, 5.41) is 0. The molecule has 0 radical (unpaired) electrons. The zero-order valence-corrected chi connectivity index (χ0v) is 31.1. The van der Waals surface area contributed by atoms with Crippen LogP contribution < -0.4 is 11.5 Å². The van der Waals surface area contributed by atoms with Gasteiger partial charge < -0.3 is 11.5 Å². The first-order valence-electron chi connectivity index (χ1n) is 19.9. The van der Waals surface area contributed by atoms with E-state index in [2.05, 4.69) is 98.8 Å². The molecule has 0 saturated heterocycles. The summed E-state index contributed by atoms with van der Waals surface area (Å²) in [7, 11) is 0. The highest BCUT2D eigenvalue weighted by atomic mass is 14.6. The Kier molecular flexibility index (Phi) is 17.4. The molecule has 0 amide bonds. The lowest BCUT2D eigenvalue weighted by Crippen LogP contribution is -1.97. The Morgan fingerprint density at radius 2 is 0.612 bits per heavy atom. The van der Waals surface area contributed by atoms with Crippen LogP contribution in [0.15, 0.2) is 84.9 Å². The zero-order valence-electron chi connectivity index (χ0n) is 31.1. The molecule has 0 aliphatic heterocycles. The summed E-state index contributed by atoms with van der Waals surface area (Å²) in [5.74, 6) is 0. The van der Waals surface area contributed by atoms with Crippen molar-refractivity contribution in [2.75, 3.05) is 11.5 Å². The van der Waals surface area contributed by atoms with E-state index < -0.39 is 0 Å². The maximum Gasteiger partial charge on any atom is 0.0346 e. The molecule has 4 aromatic carbocycles. The third-order valence-electron chi connectivity index (χ3n) is 10.2. The number of anilines is 2. The molecule has 0 atom stereocenters. The molecule has 2 heteroatoms. The molecule has 0 fully saturated rings. The van der Waals surface area contributed by atoms with Crippen molar-refractivity contribution in [1.29, 1.82) is 0 Å². The fourth-order valence-corrected chi connectivity index (χ4v) is 7.23. The molecule has 0 aliphatic rings. The number of rotatable bonds is 24. The highest BCUT2D eigenvalue weighted by Crippen LogP contribution is 2.21. The van der Waals surface area contributed by atoms with Gasteiger partial charge in [0.25, 0.3) is 0 Å². The normalized spacial score (nSPS) is 11.3. The minimum absolute atomic E-state index is 0.930. The van der Waals surface area contributed by atoms with Gasteiger partial charge in [-0.2, -0.15) is 0 Å². The van der Waals surface area contributed by atoms with Gasteiger partial charge in [-0.25, -0.2) is 0 Å². The largest absolute Gasteiger partial charge is 0.399 e. The lowest BCUT2D eigenvalue weighted by Gasteiger charge is -2.09. The van der Waals surface area contributed by atoms with Gasteiger partial charge in [-0.05, 0) is 108 Å². The maximum atomic E-state index is 6.15. The Balaban J connectivity index is 0.942. The average molecular weight is 659 g/mol. The van der Waals surface area contributed by atoms with Gasteiger partial charge in [0.2, 0.25) is 0 Å². The Bertz CT molecular complexity index is 1350. The second kappa shape index (κ2) is 22.2. The van der Waals surface area contributed by atoms with Crippen LogP contribution in [0.5, 0.6) is 0 Å². The molecule has 4 aromatic rings. The monoisotopic (exact) mass is 659 g/mol. The second-order valence-corrected chi connectivity index (χ2v) is 14.6. The number of benzene rings is 4. The van der Waals surface area contributed by atoms with E-state index in [1.54, 1.807) is 0 Å². The molecule has 0 heterocycles. The van der Waals surface area contributed by atoms with Gasteiger partial charge in [0, 0.05) is 11.4 Å². The maximum absolute atomic E-state index is 6.15. The van der Waals surface area contributed by atoms with Gasteiger partial charge in [-0.15, -0.1) is 0 Å². The molecule has 4 rings (SSSR count). The lowest BCUT2D eigenvalue weighted by molar-refractivity contribution is 0.536. The first-order chi connectivity index (χ1) is 24.0. The van der Waals surface area contributed by atoms with Crippen molar-refractivity contribution < 1.29 is 0 Å². The van der Waals surface area contributed by atoms with Gasteiger partial charge in [0.05, 0.1) is 0 Å². The third-order valence-corrected chi connectivity index (χ3v) is 10.2. The minimum atomic E-state index is 0.930. The van der Waals surface area contributed by atoms with Gasteiger partial charge >= 0.3 is 0 Å². The van der Waals surface area contributed by atoms with Crippen LogP contribution in [0.4, 0.5) is 11.4 Å². The van der Waals surface area contributed by atoms with Gasteiger partial charge in [-0.3, -0.25) is 0 Å². The topological polar surface area (TPSA) is 52.0 Å². The molecule has 0 aromatic heterocycles. The molecule has 49 heavy (non-hydrogen) atoms. The van der Waals surface area contributed by atoms with Crippen LogP contribution in [0.3, 0.4) is 0 Å². The van der Waals surface area contributed by atoms with Crippen LogP contribution in [0, 0.1) is 0 Å². The molecule has 264 valence electrons. The van der Waals surface area contributed by atoms with E-state index in [-0.39, 0.29) is 0 Å². The first kappa shape index (κ1) is 38.3. The summed E-state index contributed by atoms with van der Waals surface area (Å²) in [6, 6.07) is 31.7. The Morgan fingerprint density at radius 1 is 0.327 bits per heavy atom. The van der Waals surface area contributed by atoms with Crippen LogP contribution in [0.25, 0.3) is 0 Å². The predicted octanol–water partition coefficient (Wildman–Crippen LogP) is 12.8. The summed E-state index contributed by atoms with van der Waals surface area (Å²) in [5.41, 5.74) is 25.2. The first-order valence-corrected chi connectivity index (χ1v) is 19.9. The summed E-state index contributed by atoms with van der Waals surface area (Å²) >= 11 is 0. The highest BCUT2D eigenvalue weighted by molar-refractivity contribution is 5.50. The van der Waals surface area contributed by atoms with Crippen LogP contribution in [0.1, 0.15) is 155 Å². The Morgan fingerprint density at radius 3 is 0.939 bits per heavy atom. The van der Waals surface area contributed by atoms with E-state index in [4.69, 9.17) is 11.5 Å². The molecular formula is C47H66N2. The van der Waals surface area contributed by atoms with Crippen LogP contribution >= 0.6 is 0 Å². The van der Waals surface area contributed by atoms with E-state index in [0.29, 0.717) is 0 Å². The molecule has 0 unspecified atom stereocenters. The van der Waals surface area contributed by atoms with Crippen molar-refractivity contribution in [3.63, 3.8) is 0 Å². The quantitative estimate of drug-likeness (QED) is 0.0581. The Hall–Kier alpha value is -3.52. The van der Waals surface area contributed by atoms with E-state index in [1.165, 1.54) is 141 Å². The zero-order chi connectivity index (χ0) is 34.5. The van der Waals surface area contributed by atoms with Gasteiger partial charge in [0.1, 0.15) is 0 Å². The third kappa shape index (κ3) is 14.5. The molecule has 0 aliphatic carbocycles. The van der Waals surface area contributed by atoms with Crippen molar-refractivity contribution in [1.82, 2.24) is 0 Å². The molecule has 4 N–H and O–H groups in total. The summed E-state index contributed by atoms with van der Waals surface area (Å²) in [6.45, 7) is 4.43. The molecule has 0 bridgehead atoms. The fraction of sp³-hybridized carbons (Fsp3) is 0.489. The van der Waals surface area contributed by atoms with Crippen molar-refractivity contribution in [2.24, 2.45) is 0 Å². The summed E-state index contributed by atoms with van der Waals surface area (Å²) in [6.07, 6.45) is 26.8. The van der Waals surface area contributed by atoms with Crippen molar-refractivity contribution in [2.45, 2.75) is 149 Å². The number of unbranched alkanes of at least 4 members (excludes halogenated alkanes) is 12. The second-order valence-electron chi connectivity index (χ2n) is 14.6. The van der Waals surface area contributed by atoms with E-state index in [9.17, 15) is 0 Å². The molecule has 0 spiro atoms. The molecule has 2 nitrogen and oxygen atoms in total. The van der Waals surface area contributed by atoms with Crippen LogP contribution in [-0.2, 0) is 38.5 Å². The average Bonchev–Trinajstić information content (AvgIpc) is 3.11. The van der Waals surface area contributed by atoms with Crippen LogP contribution in [0.2, 0.25) is 0 Å². The van der Waals surface area contributed by atoms with Crippen LogP contribution in [-0.4, -0.2) is 0 Å². The lowest BCUT2D eigenvalue weighted by atomic mass is 9.98. The minimum Gasteiger partial charge on any atom is -0.399 e. The number of hydrogen-bond donors (Lipinski definition) is 2. The van der Waals surface area contributed by atoms with Crippen molar-refractivity contribution >= 4 is 11.4 Å². The number of nitrogen functional groups attached to an aromatic ring is 2. The SMILES string of the molecule is CCCc1cc(Cc2ccc(CCCCCCCCCCCCCCCc3ccc(Cc4ccc(N)c(CCC)c4)cc3)cc2)ccc1N. The smallest absolute Gasteiger partial charge is 0.0346 e. The Labute approximate surface area is 300 Å². The van der Waals surface area contributed by atoms with Gasteiger partial charge in [0.15, 0.2) is 0 Å². The predicted molar refractivity (Wildman–Crippen MR) is 216 cm³/mol. The van der Waals surface area contributed by atoms with E-state index >= 15 is 0 Å². The van der Waals surface area contributed by atoms with E-state index in [0.717, 1.165) is 49.9 Å². The van der Waals surface area contributed by atoms with Crippen molar-refractivity contribution in [3.8, 4) is 0 Å². The summed E-state index contributed by atoms with van der Waals surface area (Å²) < 4.78 is 0. The fourth-order valence-electron chi connectivity index (χ4n) is 7.23. The van der Waals surface area contributed by atoms with Crippen molar-refractivity contribution in [3.05, 3.63) is 129 Å². The molecular weight excluding hydrogens is 593 g/mol. The summed E-state index contributed by atoms with van der Waals surface area (Å²) in [4.78, 5) is 0. The number of aryl methyl sites for hydroxylation is 4. The number of hydrogen-bond acceptors (Lipinski definition) is 2. The molecule has 0 saturated carbocycles.